The fourth-order valence-corrected chi connectivity index (χ4v) is 5.49. The van der Waals surface area contributed by atoms with Crippen molar-refractivity contribution in [1.82, 2.24) is 0 Å². The van der Waals surface area contributed by atoms with Gasteiger partial charge in [0.15, 0.2) is 0 Å². The summed E-state index contributed by atoms with van der Waals surface area (Å²) in [5, 5.41) is 31.2. The molecule has 317 valence electrons. The van der Waals surface area contributed by atoms with Gasteiger partial charge in [0, 0.05) is 41.4 Å². The molecule has 3 atom stereocenters. The molecule has 3 rings (SSSR count). The van der Waals surface area contributed by atoms with Gasteiger partial charge in [0.1, 0.15) is 37.1 Å². The first-order valence-corrected chi connectivity index (χ1v) is 19.3. The minimum Gasteiger partial charge on any atom is -0.491 e. The van der Waals surface area contributed by atoms with Gasteiger partial charge in [-0.2, -0.15) is 0 Å². The summed E-state index contributed by atoms with van der Waals surface area (Å²) in [5.74, 6) is 0.219. The van der Waals surface area contributed by atoms with Gasteiger partial charge in [0.25, 0.3) is 0 Å². The molecule has 12 nitrogen and oxygen atoms in total. The van der Waals surface area contributed by atoms with Crippen molar-refractivity contribution in [2.24, 2.45) is 0 Å². The number of esters is 3. The van der Waals surface area contributed by atoms with E-state index in [0.717, 1.165) is 16.7 Å². The summed E-state index contributed by atoms with van der Waals surface area (Å²) in [6.45, 7) is 17.7. The lowest BCUT2D eigenvalue weighted by Gasteiger charge is -2.32. The number of benzene rings is 3. The maximum atomic E-state index is 11.6. The molecule has 0 saturated carbocycles. The van der Waals surface area contributed by atoms with E-state index in [4.69, 9.17) is 28.4 Å². The first-order chi connectivity index (χ1) is 28.1. The van der Waals surface area contributed by atoms with E-state index in [9.17, 15) is 29.7 Å². The van der Waals surface area contributed by atoms with Crippen molar-refractivity contribution in [2.45, 2.75) is 70.7 Å². The van der Waals surface area contributed by atoms with Gasteiger partial charge in [0.05, 0.1) is 38.1 Å². The SMILES string of the molecule is C=C(C)C(=O)OC[CH]CC(O)COc1ccc(C(C)(c2ccc(OCC(O)C[CH]COC(=O)C(=C)C)cc2)c2ccc(OCC(O)C[CH]COC(=O)C(=C)C)cc2)cc1. The third kappa shape index (κ3) is 16.4. The molecule has 0 aliphatic carbocycles. The van der Waals surface area contributed by atoms with E-state index < -0.39 is 41.6 Å². The predicted octanol–water partition coefficient (Wildman–Crippen LogP) is 6.40. The molecule has 3 unspecified atom stereocenters. The highest BCUT2D eigenvalue weighted by Crippen LogP contribution is 2.40. The Morgan fingerprint density at radius 1 is 0.508 bits per heavy atom. The zero-order valence-electron chi connectivity index (χ0n) is 34.4. The molecule has 0 heterocycles. The molecular formula is C47H57O12. The topological polar surface area (TPSA) is 167 Å². The number of aliphatic hydroxyl groups excluding tert-OH is 3. The number of hydrogen-bond donors (Lipinski definition) is 3. The second-order valence-electron chi connectivity index (χ2n) is 14.3. The Labute approximate surface area is 348 Å². The largest absolute Gasteiger partial charge is 0.491 e. The summed E-state index contributed by atoms with van der Waals surface area (Å²) in [6.07, 6.45) is 3.39. The van der Waals surface area contributed by atoms with E-state index in [-0.39, 0.29) is 58.9 Å². The second kappa shape index (κ2) is 24.5. The average molecular weight is 814 g/mol. The maximum Gasteiger partial charge on any atom is 0.333 e. The summed E-state index contributed by atoms with van der Waals surface area (Å²) < 4.78 is 32.7. The predicted molar refractivity (Wildman–Crippen MR) is 223 cm³/mol. The van der Waals surface area contributed by atoms with Crippen LogP contribution in [0.3, 0.4) is 0 Å². The highest BCUT2D eigenvalue weighted by Gasteiger charge is 2.31. The highest BCUT2D eigenvalue weighted by molar-refractivity contribution is 5.87. The Bertz CT molecular complexity index is 1600. The molecule has 3 aromatic rings. The summed E-state index contributed by atoms with van der Waals surface area (Å²) in [4.78, 5) is 34.7. The van der Waals surface area contributed by atoms with Gasteiger partial charge in [-0.05, 0) is 100 Å². The molecule has 0 fully saturated rings. The van der Waals surface area contributed by atoms with Crippen LogP contribution < -0.4 is 14.2 Å². The van der Waals surface area contributed by atoms with E-state index in [2.05, 4.69) is 26.7 Å². The van der Waals surface area contributed by atoms with Crippen LogP contribution in [0.2, 0.25) is 0 Å². The molecule has 3 N–H and O–H groups in total. The Hall–Kier alpha value is -5.43. The number of carbonyl (C=O) groups excluding carboxylic acids is 3. The van der Waals surface area contributed by atoms with Crippen molar-refractivity contribution in [3.8, 4) is 17.2 Å². The van der Waals surface area contributed by atoms with E-state index in [1.165, 1.54) is 0 Å². The fraction of sp³-hybridized carbons (Fsp3) is 0.362. The molecule has 0 aliphatic rings. The van der Waals surface area contributed by atoms with Gasteiger partial charge in [-0.25, -0.2) is 14.4 Å². The second-order valence-corrected chi connectivity index (χ2v) is 14.3. The zero-order valence-corrected chi connectivity index (χ0v) is 34.4. The average Bonchev–Trinajstić information content (AvgIpc) is 3.23. The van der Waals surface area contributed by atoms with Gasteiger partial charge < -0.3 is 43.7 Å². The van der Waals surface area contributed by atoms with Crippen molar-refractivity contribution in [1.29, 1.82) is 0 Å². The molecule has 0 spiro atoms. The summed E-state index contributed by atoms with van der Waals surface area (Å²) in [7, 11) is 0. The van der Waals surface area contributed by atoms with Crippen molar-refractivity contribution < 1.29 is 58.1 Å². The van der Waals surface area contributed by atoms with Crippen molar-refractivity contribution in [3.05, 3.63) is 145 Å². The minimum atomic E-state index is -0.804. The van der Waals surface area contributed by atoms with Crippen molar-refractivity contribution >= 4 is 17.9 Å². The first-order valence-electron chi connectivity index (χ1n) is 19.3. The number of aliphatic hydroxyl groups is 3. The number of rotatable bonds is 27. The molecule has 0 saturated heterocycles. The van der Waals surface area contributed by atoms with Gasteiger partial charge in [-0.1, -0.05) is 56.1 Å². The van der Waals surface area contributed by atoms with E-state index >= 15 is 0 Å². The molecule has 0 amide bonds. The monoisotopic (exact) mass is 813 g/mol. The zero-order chi connectivity index (χ0) is 43.4. The highest BCUT2D eigenvalue weighted by atomic mass is 16.5. The summed E-state index contributed by atoms with van der Waals surface area (Å²) in [6, 6.07) is 22.8. The molecule has 59 heavy (non-hydrogen) atoms. The van der Waals surface area contributed by atoms with Crippen LogP contribution >= 0.6 is 0 Å². The standard InChI is InChI=1S/C47H57O12/c1-32(2)44(51)54-26-8-11-38(48)29-57-41-20-14-35(15-21-41)47(7,36-16-22-42(23-17-36)58-30-39(49)12-9-27-55-45(52)33(3)4)37-18-24-43(25-19-37)59-31-40(50)13-10-28-56-46(53)34(5)6/h8-10,14-25,38-40,48-50H,1,3,5,11-13,26-31H2,2,4,6-7H3. The van der Waals surface area contributed by atoms with Gasteiger partial charge in [-0.15, -0.1) is 0 Å². The van der Waals surface area contributed by atoms with E-state index in [1.807, 2.05) is 72.8 Å². The Balaban J connectivity index is 1.70. The lowest BCUT2D eigenvalue weighted by Crippen LogP contribution is -2.25. The fourth-order valence-electron chi connectivity index (χ4n) is 5.49. The number of carbonyl (C=O) groups is 3. The normalized spacial score (nSPS) is 13.5. The number of hydrogen-bond acceptors (Lipinski definition) is 12. The van der Waals surface area contributed by atoms with Crippen LogP contribution in [0.4, 0.5) is 0 Å². The van der Waals surface area contributed by atoms with Crippen LogP contribution in [-0.4, -0.2) is 91.2 Å². The van der Waals surface area contributed by atoms with Crippen LogP contribution in [-0.2, 0) is 34.0 Å². The van der Waals surface area contributed by atoms with Crippen LogP contribution in [0.25, 0.3) is 0 Å². The lowest BCUT2D eigenvalue weighted by molar-refractivity contribution is -0.139. The van der Waals surface area contributed by atoms with Crippen molar-refractivity contribution in [2.75, 3.05) is 39.6 Å². The summed E-state index contributed by atoms with van der Waals surface area (Å²) in [5.41, 5.74) is 3.06. The quantitative estimate of drug-likeness (QED) is 0.0255. The molecule has 12 heteroatoms. The van der Waals surface area contributed by atoms with E-state index in [0.29, 0.717) is 34.0 Å². The molecule has 0 bridgehead atoms. The van der Waals surface area contributed by atoms with E-state index in [1.54, 1.807) is 40.0 Å². The van der Waals surface area contributed by atoms with Crippen LogP contribution in [0, 0.1) is 19.3 Å². The Kier molecular flexibility index (Phi) is 19.9. The van der Waals surface area contributed by atoms with Gasteiger partial charge in [-0.3, -0.25) is 0 Å². The van der Waals surface area contributed by atoms with Gasteiger partial charge in [0.2, 0.25) is 0 Å². The summed E-state index contributed by atoms with van der Waals surface area (Å²) >= 11 is 0. The Morgan fingerprint density at radius 2 is 0.746 bits per heavy atom. The number of ether oxygens (including phenoxy) is 6. The Morgan fingerprint density at radius 3 is 0.966 bits per heavy atom. The smallest absolute Gasteiger partial charge is 0.333 e. The van der Waals surface area contributed by atoms with Crippen molar-refractivity contribution in [3.63, 3.8) is 0 Å². The molecule has 3 radical (unpaired) electrons. The molecular weight excluding hydrogens is 757 g/mol. The van der Waals surface area contributed by atoms with Gasteiger partial charge >= 0.3 is 17.9 Å². The minimum absolute atomic E-state index is 0.0366. The molecule has 3 aromatic carbocycles. The first kappa shape index (κ1) is 47.9. The maximum absolute atomic E-state index is 11.6. The third-order valence-electron chi connectivity index (χ3n) is 8.98. The van der Waals surface area contributed by atoms with Crippen LogP contribution in [0.5, 0.6) is 17.2 Å². The van der Waals surface area contributed by atoms with Crippen LogP contribution in [0.1, 0.15) is 63.6 Å². The van der Waals surface area contributed by atoms with Crippen LogP contribution in [0.15, 0.2) is 109 Å². The molecule has 0 aliphatic heterocycles. The third-order valence-corrected chi connectivity index (χ3v) is 8.98. The molecule has 0 aromatic heterocycles. The lowest BCUT2D eigenvalue weighted by atomic mass is 9.71.